The van der Waals surface area contributed by atoms with Crippen molar-refractivity contribution in [2.45, 2.75) is 72.6 Å². The van der Waals surface area contributed by atoms with Crippen LogP contribution < -0.4 is 10.7 Å². The monoisotopic (exact) mass is 714 g/mol. The van der Waals surface area contributed by atoms with E-state index in [1.54, 1.807) is 13.3 Å². The number of rotatable bonds is 12. The molecule has 186 valence electrons. The van der Waals surface area contributed by atoms with Crippen LogP contribution in [0.5, 0.6) is 0 Å². The minimum atomic E-state index is -3.30. The summed E-state index contributed by atoms with van der Waals surface area (Å²) in [6.45, 7) is 7.01. The normalized spacial score (nSPS) is 10.9. The summed E-state index contributed by atoms with van der Waals surface area (Å²) >= 11 is -4.27. The first kappa shape index (κ1) is 31.9. The number of benzene rings is 3. The first-order valence-electron chi connectivity index (χ1n) is 13.0. The van der Waals surface area contributed by atoms with Gasteiger partial charge in [-0.1, -0.05) is 0 Å². The molecule has 0 fully saturated rings. The van der Waals surface area contributed by atoms with Gasteiger partial charge in [0.15, 0.2) is 0 Å². The summed E-state index contributed by atoms with van der Waals surface area (Å²) in [5, 5.41) is 0. The molecule has 0 aliphatic rings. The zero-order valence-corrected chi connectivity index (χ0v) is 29.1. The Hall–Kier alpha value is -0.163. The molecule has 0 aromatic heterocycles. The van der Waals surface area contributed by atoms with Crippen molar-refractivity contribution in [2.24, 2.45) is 0 Å². The molecule has 0 saturated heterocycles. The maximum absolute atomic E-state index is 7.33. The summed E-state index contributed by atoms with van der Waals surface area (Å²) in [7, 11) is 7.33. The van der Waals surface area contributed by atoms with E-state index in [4.69, 9.17) is 8.92 Å². The summed E-state index contributed by atoms with van der Waals surface area (Å²) < 4.78 is 8.96. The summed E-state index contributed by atoms with van der Waals surface area (Å²) in [5.74, 6) is 0. The SMILES string of the molecule is CCC[CH2][SnH]([CH2]CCC)[CH2]CCC.Cl.[Cl][Sn]([c]1ccccc1)([c]1ccccc1)[c]1ccccc1. The molecule has 0 nitrogen and oxygen atoms in total. The molecule has 0 atom stereocenters. The summed E-state index contributed by atoms with van der Waals surface area (Å²) in [4.78, 5) is 0. The molecule has 0 saturated carbocycles. The summed E-state index contributed by atoms with van der Waals surface area (Å²) in [6.07, 6.45) is 8.87. The fraction of sp³-hybridized carbons (Fsp3) is 0.400. The first-order chi connectivity index (χ1) is 16.2. The van der Waals surface area contributed by atoms with Crippen molar-refractivity contribution in [2.75, 3.05) is 0 Å². The zero-order valence-electron chi connectivity index (χ0n) is 21.4. The number of halogens is 2. The van der Waals surface area contributed by atoms with Crippen LogP contribution in [0.2, 0.25) is 13.3 Å². The van der Waals surface area contributed by atoms with Crippen molar-refractivity contribution in [3.05, 3.63) is 91.0 Å². The van der Waals surface area contributed by atoms with Crippen LogP contribution in [-0.4, -0.2) is 37.0 Å². The number of hydrogen-bond acceptors (Lipinski definition) is 0. The predicted octanol–water partition coefficient (Wildman–Crippen LogP) is 7.93. The predicted molar refractivity (Wildman–Crippen MR) is 163 cm³/mol. The van der Waals surface area contributed by atoms with E-state index in [0.717, 1.165) is 0 Å². The molecule has 0 amide bonds. The molecule has 3 rings (SSSR count). The van der Waals surface area contributed by atoms with Crippen LogP contribution in [0.1, 0.15) is 59.3 Å². The van der Waals surface area contributed by atoms with Crippen LogP contribution in [-0.2, 0) is 0 Å². The molecule has 0 radical (unpaired) electrons. The van der Waals surface area contributed by atoms with Gasteiger partial charge in [-0.15, -0.1) is 12.4 Å². The zero-order chi connectivity index (χ0) is 23.8. The van der Waals surface area contributed by atoms with E-state index in [-0.39, 0.29) is 12.4 Å². The number of unbranched alkanes of at least 4 members (excludes halogenated alkanes) is 3. The molecule has 0 aliphatic carbocycles. The maximum atomic E-state index is 7.33. The Kier molecular flexibility index (Phi) is 17.8. The molecule has 0 bridgehead atoms. The second-order valence-corrected chi connectivity index (χ2v) is 31.4. The van der Waals surface area contributed by atoms with Gasteiger partial charge in [0.1, 0.15) is 0 Å². The van der Waals surface area contributed by atoms with Crippen molar-refractivity contribution in [1.82, 2.24) is 0 Å². The molecular formula is C30H44Cl2Sn2. The Balaban J connectivity index is 0.000000364. The Morgan fingerprint density at radius 2 is 0.794 bits per heavy atom. The van der Waals surface area contributed by atoms with Gasteiger partial charge in [-0.05, 0) is 0 Å². The average molecular weight is 713 g/mol. The van der Waals surface area contributed by atoms with Gasteiger partial charge in [0.25, 0.3) is 0 Å². The molecule has 0 heterocycles. The van der Waals surface area contributed by atoms with E-state index >= 15 is 0 Å². The van der Waals surface area contributed by atoms with Gasteiger partial charge >= 0.3 is 220 Å². The van der Waals surface area contributed by atoms with Crippen molar-refractivity contribution in [3.63, 3.8) is 0 Å². The van der Waals surface area contributed by atoms with Crippen LogP contribution in [0.15, 0.2) is 91.0 Å². The molecule has 3 aromatic rings. The molecule has 3 aromatic carbocycles. The van der Waals surface area contributed by atoms with Crippen LogP contribution >= 0.6 is 21.3 Å². The van der Waals surface area contributed by atoms with E-state index in [0.29, 0.717) is 0 Å². The average Bonchev–Trinajstić information content (AvgIpc) is 2.89. The summed E-state index contributed by atoms with van der Waals surface area (Å²) in [5.41, 5.74) is 0. The number of hydrogen-bond donors (Lipinski definition) is 0. The third kappa shape index (κ3) is 10.4. The van der Waals surface area contributed by atoms with Crippen LogP contribution in [0.3, 0.4) is 0 Å². The second-order valence-electron chi connectivity index (χ2n) is 9.05. The molecule has 4 heteroatoms. The third-order valence-electron chi connectivity index (χ3n) is 6.41. The van der Waals surface area contributed by atoms with Gasteiger partial charge < -0.3 is 0 Å². The van der Waals surface area contributed by atoms with E-state index in [2.05, 4.69) is 93.6 Å². The van der Waals surface area contributed by atoms with E-state index < -0.39 is 37.0 Å². The first-order valence-corrected chi connectivity index (χ1v) is 27.9. The molecule has 0 N–H and O–H groups in total. The van der Waals surface area contributed by atoms with Gasteiger partial charge in [0.2, 0.25) is 0 Å². The second kappa shape index (κ2) is 19.0. The summed E-state index contributed by atoms with van der Waals surface area (Å²) in [6, 6.07) is 31.6. The Morgan fingerprint density at radius 3 is 1.03 bits per heavy atom. The van der Waals surface area contributed by atoms with Crippen LogP contribution in [0, 0.1) is 0 Å². The van der Waals surface area contributed by atoms with Gasteiger partial charge in [-0.2, -0.15) is 0 Å². The Labute approximate surface area is 230 Å². The van der Waals surface area contributed by atoms with Gasteiger partial charge in [-0.3, -0.25) is 0 Å². The fourth-order valence-electron chi connectivity index (χ4n) is 4.41. The van der Waals surface area contributed by atoms with E-state index in [1.165, 1.54) is 49.3 Å². The molecule has 0 unspecified atom stereocenters. The van der Waals surface area contributed by atoms with Crippen LogP contribution in [0.25, 0.3) is 0 Å². The molecule has 0 spiro atoms. The quantitative estimate of drug-likeness (QED) is 0.168. The standard InChI is InChI=1S/3C6H5.3C4H9.2ClH.2Sn.H/c3*1-2-4-6-5-3-1;3*1-3-4-2;;;;;/h3*1-5H;3*1,3-4H2,2H3;2*1H;;;/q;;;;;;;;;+1;/p-1. The molecular weight excluding hydrogens is 669 g/mol. The van der Waals surface area contributed by atoms with Gasteiger partial charge in [-0.25, -0.2) is 0 Å². The molecule has 0 aliphatic heterocycles. The van der Waals surface area contributed by atoms with Crippen molar-refractivity contribution in [1.29, 1.82) is 0 Å². The fourth-order valence-corrected chi connectivity index (χ4v) is 26.3. The topological polar surface area (TPSA) is 0 Å². The Bertz CT molecular complexity index is 741. The van der Waals surface area contributed by atoms with Crippen LogP contribution in [0.4, 0.5) is 0 Å². The van der Waals surface area contributed by atoms with Gasteiger partial charge in [0.05, 0.1) is 0 Å². The van der Waals surface area contributed by atoms with E-state index in [1.807, 2.05) is 18.2 Å². The van der Waals surface area contributed by atoms with E-state index in [9.17, 15) is 0 Å². The molecule has 34 heavy (non-hydrogen) atoms. The Morgan fingerprint density at radius 1 is 0.529 bits per heavy atom. The van der Waals surface area contributed by atoms with Crippen molar-refractivity contribution >= 4 is 69.1 Å². The third-order valence-corrected chi connectivity index (χ3v) is 31.0. The minimum absolute atomic E-state index is 0. The van der Waals surface area contributed by atoms with Gasteiger partial charge in [0, 0.05) is 0 Å². The van der Waals surface area contributed by atoms with Crippen molar-refractivity contribution < 1.29 is 0 Å². The van der Waals surface area contributed by atoms with Crippen molar-refractivity contribution in [3.8, 4) is 0 Å².